The molecule has 100 valence electrons. The van der Waals surface area contributed by atoms with Crippen LogP contribution in [0.2, 0.25) is 0 Å². The molecule has 0 N–H and O–H groups in total. The van der Waals surface area contributed by atoms with Gasteiger partial charge in [-0.1, -0.05) is 0 Å². The van der Waals surface area contributed by atoms with Crippen LogP contribution in [-0.4, -0.2) is 17.9 Å². The molecule has 0 bridgehead atoms. The molecule has 0 atom stereocenters. The van der Waals surface area contributed by atoms with Gasteiger partial charge in [-0.2, -0.15) is 0 Å². The Kier molecular flexibility index (Phi) is 6.32. The van der Waals surface area contributed by atoms with Gasteiger partial charge in [0.1, 0.15) is 0 Å². The van der Waals surface area contributed by atoms with Gasteiger partial charge in [0.15, 0.2) is 11.5 Å². The summed E-state index contributed by atoms with van der Waals surface area (Å²) in [5.41, 5.74) is -0.183. The smallest absolute Gasteiger partial charge is 0.545 e. The van der Waals surface area contributed by atoms with E-state index in [0.717, 1.165) is 13.0 Å². The second-order valence-electron chi connectivity index (χ2n) is 3.14. The van der Waals surface area contributed by atoms with Gasteiger partial charge in [-0.15, -0.1) is 0 Å². The maximum absolute atomic E-state index is 10.8. The van der Waals surface area contributed by atoms with E-state index in [1.165, 1.54) is 19.1 Å². The molecule has 0 radical (unpaired) electrons. The zero-order valence-electron chi connectivity index (χ0n) is 9.48. The van der Waals surface area contributed by atoms with Gasteiger partial charge < -0.3 is 19.4 Å². The number of rotatable bonds is 3. The monoisotopic (exact) mass is 344 g/mol. The summed E-state index contributed by atoms with van der Waals surface area (Å²) in [6, 6.07) is 3.44. The van der Waals surface area contributed by atoms with Crippen LogP contribution in [0, 0.1) is 0 Å². The van der Waals surface area contributed by atoms with Gasteiger partial charge in [-0.25, -0.2) is 0 Å². The Balaban J connectivity index is 0.00000289. The van der Waals surface area contributed by atoms with E-state index in [0.29, 0.717) is 0 Å². The number of aromatic carboxylic acids is 1. The molecular formula is C11H9AgO6. The minimum Gasteiger partial charge on any atom is -0.545 e. The van der Waals surface area contributed by atoms with Crippen molar-refractivity contribution in [3.63, 3.8) is 0 Å². The fraction of sp³-hybridized carbons (Fsp3) is 0.182. The standard InChI is InChI=1S/C11H10O6.Ag/c1-6(12)16-9-4-3-8(11(14)15)5-10(9)17-7(2)13;/h3-5H,1-2H3,(H,14,15);/q;+1/p-1. The maximum Gasteiger partial charge on any atom is 1.00 e. The van der Waals surface area contributed by atoms with Crippen LogP contribution in [0.15, 0.2) is 18.2 Å². The maximum atomic E-state index is 10.8. The molecule has 0 saturated carbocycles. The number of carboxylic acid groups (broad SMARTS) is 1. The Hall–Kier alpha value is -1.63. The molecule has 0 spiro atoms. The SMILES string of the molecule is CC(=O)Oc1ccc(C(=O)[O-])cc1OC(C)=O.[Ag+]. The van der Waals surface area contributed by atoms with Crippen molar-refractivity contribution < 1.29 is 51.3 Å². The molecule has 0 aliphatic rings. The summed E-state index contributed by atoms with van der Waals surface area (Å²) in [7, 11) is 0. The van der Waals surface area contributed by atoms with Crippen molar-refractivity contribution in [1.82, 2.24) is 0 Å². The largest absolute Gasteiger partial charge is 1.00 e. The van der Waals surface area contributed by atoms with Gasteiger partial charge in [0.05, 0.1) is 5.97 Å². The minimum atomic E-state index is -1.42. The van der Waals surface area contributed by atoms with Crippen LogP contribution >= 0.6 is 0 Å². The molecule has 0 unspecified atom stereocenters. The zero-order chi connectivity index (χ0) is 13.0. The van der Waals surface area contributed by atoms with Gasteiger partial charge in [0.2, 0.25) is 0 Å². The van der Waals surface area contributed by atoms with Crippen molar-refractivity contribution >= 4 is 17.9 Å². The Morgan fingerprint density at radius 2 is 1.50 bits per heavy atom. The predicted molar refractivity (Wildman–Crippen MR) is 53.4 cm³/mol. The third kappa shape index (κ3) is 4.70. The third-order valence-electron chi connectivity index (χ3n) is 1.69. The van der Waals surface area contributed by atoms with Crippen molar-refractivity contribution in [1.29, 1.82) is 0 Å². The van der Waals surface area contributed by atoms with E-state index in [-0.39, 0.29) is 39.4 Å². The zero-order valence-corrected chi connectivity index (χ0v) is 11.0. The number of hydrogen-bond acceptors (Lipinski definition) is 6. The summed E-state index contributed by atoms with van der Waals surface area (Å²) in [6.07, 6.45) is 0. The number of carbonyl (C=O) groups excluding carboxylic acids is 3. The third-order valence-corrected chi connectivity index (χ3v) is 1.69. The molecule has 6 nitrogen and oxygen atoms in total. The van der Waals surface area contributed by atoms with Crippen LogP contribution in [0.1, 0.15) is 24.2 Å². The van der Waals surface area contributed by atoms with Gasteiger partial charge in [-0.3, -0.25) is 9.59 Å². The molecule has 7 heteroatoms. The fourth-order valence-electron chi connectivity index (χ4n) is 1.11. The molecule has 1 aromatic carbocycles. The van der Waals surface area contributed by atoms with Crippen molar-refractivity contribution in [2.24, 2.45) is 0 Å². The van der Waals surface area contributed by atoms with E-state index in [1.807, 2.05) is 0 Å². The van der Waals surface area contributed by atoms with E-state index in [2.05, 4.69) is 0 Å². The summed E-state index contributed by atoms with van der Waals surface area (Å²) >= 11 is 0. The minimum absolute atomic E-state index is 0. The molecule has 0 aliphatic heterocycles. The van der Waals surface area contributed by atoms with E-state index >= 15 is 0 Å². The molecule has 0 heterocycles. The summed E-state index contributed by atoms with van der Waals surface area (Å²) < 4.78 is 9.48. The van der Waals surface area contributed by atoms with E-state index in [1.54, 1.807) is 0 Å². The first-order valence-electron chi connectivity index (χ1n) is 4.62. The second-order valence-corrected chi connectivity index (χ2v) is 3.14. The van der Waals surface area contributed by atoms with Gasteiger partial charge in [0, 0.05) is 19.4 Å². The molecular weight excluding hydrogens is 336 g/mol. The second kappa shape index (κ2) is 6.95. The van der Waals surface area contributed by atoms with Crippen molar-refractivity contribution in [3.8, 4) is 11.5 Å². The van der Waals surface area contributed by atoms with E-state index in [9.17, 15) is 19.5 Å². The number of carbonyl (C=O) groups is 3. The van der Waals surface area contributed by atoms with Crippen LogP contribution in [0.4, 0.5) is 0 Å². The van der Waals surface area contributed by atoms with E-state index < -0.39 is 17.9 Å². The van der Waals surface area contributed by atoms with E-state index in [4.69, 9.17) is 9.47 Å². The summed E-state index contributed by atoms with van der Waals surface area (Å²) in [6.45, 7) is 2.31. The van der Waals surface area contributed by atoms with Gasteiger partial charge in [0.25, 0.3) is 0 Å². The Bertz CT molecular complexity index is 482. The molecule has 1 rings (SSSR count). The van der Waals surface area contributed by atoms with Gasteiger partial charge >= 0.3 is 34.3 Å². The summed E-state index contributed by atoms with van der Waals surface area (Å²) in [5.74, 6) is -2.87. The van der Waals surface area contributed by atoms with Crippen molar-refractivity contribution in [2.45, 2.75) is 13.8 Å². The first-order chi connectivity index (χ1) is 7.90. The molecule has 0 aromatic heterocycles. The molecule has 18 heavy (non-hydrogen) atoms. The predicted octanol–water partition coefficient (Wildman–Crippen LogP) is -0.102. The summed E-state index contributed by atoms with van der Waals surface area (Å²) in [5, 5.41) is 10.6. The van der Waals surface area contributed by atoms with Crippen molar-refractivity contribution in [3.05, 3.63) is 23.8 Å². The molecule has 0 saturated heterocycles. The number of hydrogen-bond donors (Lipinski definition) is 0. The Morgan fingerprint density at radius 1 is 1.00 bits per heavy atom. The first kappa shape index (κ1) is 16.4. The summed E-state index contributed by atoms with van der Waals surface area (Å²) in [4.78, 5) is 32.2. The molecule has 0 fully saturated rings. The van der Waals surface area contributed by atoms with Crippen LogP contribution in [0.5, 0.6) is 11.5 Å². The Labute approximate surface area is 118 Å². The molecule has 0 aliphatic carbocycles. The number of carboxylic acids is 1. The van der Waals surface area contributed by atoms with Crippen LogP contribution < -0.4 is 14.6 Å². The Morgan fingerprint density at radius 3 is 1.94 bits per heavy atom. The van der Waals surface area contributed by atoms with Crippen LogP contribution in [0.3, 0.4) is 0 Å². The molecule has 1 aromatic rings. The van der Waals surface area contributed by atoms with Crippen LogP contribution in [-0.2, 0) is 32.0 Å². The average Bonchev–Trinajstić information content (AvgIpc) is 2.18. The quantitative estimate of drug-likeness (QED) is 0.432. The number of ether oxygens (including phenoxy) is 2. The number of benzene rings is 1. The topological polar surface area (TPSA) is 92.7 Å². The fourth-order valence-corrected chi connectivity index (χ4v) is 1.11. The normalized spacial score (nSPS) is 9.00. The van der Waals surface area contributed by atoms with Crippen LogP contribution in [0.25, 0.3) is 0 Å². The van der Waals surface area contributed by atoms with Gasteiger partial charge in [-0.05, 0) is 18.2 Å². The molecule has 0 amide bonds. The average molecular weight is 345 g/mol. The van der Waals surface area contributed by atoms with Crippen molar-refractivity contribution in [2.75, 3.05) is 0 Å². The first-order valence-corrected chi connectivity index (χ1v) is 4.62. The number of esters is 2.